The molecule has 0 amide bonds. The Hall–Kier alpha value is -1.56. The highest BCUT2D eigenvalue weighted by Gasteiger charge is 2.35. The second-order valence-electron chi connectivity index (χ2n) is 3.30. The third-order valence-corrected chi connectivity index (χ3v) is 1.87. The van der Waals surface area contributed by atoms with Gasteiger partial charge in [-0.2, -0.15) is 0 Å². The Balaban J connectivity index is 2.40. The van der Waals surface area contributed by atoms with Gasteiger partial charge in [0.15, 0.2) is 6.10 Å². The summed E-state index contributed by atoms with van der Waals surface area (Å²) in [4.78, 5) is 11.1. The maximum absolute atomic E-state index is 11.8. The molecule has 3 nitrogen and oxygen atoms in total. The summed E-state index contributed by atoms with van der Waals surface area (Å²) < 4.78 is 43.6. The van der Waals surface area contributed by atoms with Gasteiger partial charge in [0.05, 0.1) is 0 Å². The van der Waals surface area contributed by atoms with Gasteiger partial charge in [-0.3, -0.25) is 4.74 Å². The summed E-state index contributed by atoms with van der Waals surface area (Å²) in [5.41, 5.74) is 0.694. The highest BCUT2D eigenvalue weighted by Crippen LogP contribution is 2.19. The fraction of sp³-hybridized carbons (Fsp3) is 0.364. The van der Waals surface area contributed by atoms with E-state index in [1.807, 2.05) is 0 Å². The minimum atomic E-state index is -4.84. The molecule has 1 atom stereocenters. The molecule has 0 bridgehead atoms. The van der Waals surface area contributed by atoms with Crippen LogP contribution in [0.2, 0.25) is 0 Å². The largest absolute Gasteiger partial charge is 0.523 e. The van der Waals surface area contributed by atoms with E-state index >= 15 is 0 Å². The Kier molecular flexibility index (Phi) is 4.51. The molecule has 0 aliphatic carbocycles. The first kappa shape index (κ1) is 13.5. The van der Waals surface area contributed by atoms with Gasteiger partial charge >= 0.3 is 12.3 Å². The summed E-state index contributed by atoms with van der Waals surface area (Å²) in [5, 5.41) is 0. The molecule has 0 fully saturated rings. The number of benzene rings is 1. The number of hydrogen-bond acceptors (Lipinski definition) is 3. The van der Waals surface area contributed by atoms with Crippen LogP contribution in [0.1, 0.15) is 12.5 Å². The van der Waals surface area contributed by atoms with Crippen molar-refractivity contribution in [2.75, 3.05) is 0 Å². The van der Waals surface area contributed by atoms with Gasteiger partial charge in [-0.05, 0) is 12.5 Å². The number of carbonyl (C=O) groups is 1. The molecule has 0 spiro atoms. The van der Waals surface area contributed by atoms with Gasteiger partial charge in [0.2, 0.25) is 0 Å². The smallest absolute Gasteiger partial charge is 0.459 e. The van der Waals surface area contributed by atoms with E-state index in [4.69, 9.17) is 0 Å². The van der Waals surface area contributed by atoms with Crippen molar-refractivity contribution >= 4 is 5.97 Å². The van der Waals surface area contributed by atoms with Gasteiger partial charge < -0.3 is 4.74 Å². The second-order valence-corrected chi connectivity index (χ2v) is 3.30. The molecule has 0 radical (unpaired) electrons. The van der Waals surface area contributed by atoms with E-state index in [0.717, 1.165) is 6.92 Å². The molecule has 1 aromatic carbocycles. The van der Waals surface area contributed by atoms with Gasteiger partial charge in [0.25, 0.3) is 0 Å². The molecule has 0 saturated carbocycles. The molecular weight excluding hydrogens is 237 g/mol. The third kappa shape index (κ3) is 5.35. The third-order valence-electron chi connectivity index (χ3n) is 1.87. The quantitative estimate of drug-likeness (QED) is 0.768. The van der Waals surface area contributed by atoms with Crippen molar-refractivity contribution in [2.45, 2.75) is 26.0 Å². The summed E-state index contributed by atoms with van der Waals surface area (Å²) in [6.45, 7) is 0.909. The van der Waals surface area contributed by atoms with Crippen molar-refractivity contribution in [3.8, 4) is 0 Å². The maximum atomic E-state index is 11.8. The van der Waals surface area contributed by atoms with Gasteiger partial charge in [-0.15, -0.1) is 13.2 Å². The lowest BCUT2D eigenvalue weighted by molar-refractivity contribution is -0.338. The number of alkyl halides is 3. The fourth-order valence-corrected chi connectivity index (χ4v) is 1.09. The molecule has 0 aliphatic rings. The minimum absolute atomic E-state index is 0.0781. The second kappa shape index (κ2) is 5.67. The van der Waals surface area contributed by atoms with Crippen LogP contribution in [-0.4, -0.2) is 18.4 Å². The van der Waals surface area contributed by atoms with Crippen LogP contribution in [0.15, 0.2) is 30.3 Å². The van der Waals surface area contributed by atoms with Crippen molar-refractivity contribution < 1.29 is 27.4 Å². The van der Waals surface area contributed by atoms with Crippen LogP contribution in [0.25, 0.3) is 0 Å². The summed E-state index contributed by atoms with van der Waals surface area (Å²) in [6.07, 6.45) is -6.51. The molecule has 0 N–H and O–H groups in total. The van der Waals surface area contributed by atoms with Crippen molar-refractivity contribution in [1.29, 1.82) is 0 Å². The summed E-state index contributed by atoms with van der Waals surface area (Å²) >= 11 is 0. The van der Waals surface area contributed by atoms with Crippen LogP contribution in [-0.2, 0) is 20.9 Å². The van der Waals surface area contributed by atoms with E-state index in [0.29, 0.717) is 5.56 Å². The SMILES string of the molecule is CC(OC(F)(F)F)C(=O)OCc1ccccc1. The number of halogens is 3. The number of hydrogen-bond donors (Lipinski definition) is 0. The van der Waals surface area contributed by atoms with E-state index < -0.39 is 18.4 Å². The Labute approximate surface area is 96.1 Å². The zero-order valence-corrected chi connectivity index (χ0v) is 9.03. The highest BCUT2D eigenvalue weighted by atomic mass is 19.4. The Morgan fingerprint density at radius 1 is 1.29 bits per heavy atom. The first-order valence-corrected chi connectivity index (χ1v) is 4.83. The number of carbonyl (C=O) groups excluding carboxylic acids is 1. The van der Waals surface area contributed by atoms with Crippen LogP contribution in [0.5, 0.6) is 0 Å². The summed E-state index contributed by atoms with van der Waals surface area (Å²) in [5.74, 6) is -1.05. The standard InChI is InChI=1S/C11H11F3O3/c1-8(17-11(12,13)14)10(15)16-7-9-5-3-2-4-6-9/h2-6,8H,7H2,1H3. The predicted molar refractivity (Wildman–Crippen MR) is 52.8 cm³/mol. The highest BCUT2D eigenvalue weighted by molar-refractivity contribution is 5.74. The van der Waals surface area contributed by atoms with E-state index in [1.165, 1.54) is 0 Å². The van der Waals surface area contributed by atoms with E-state index in [2.05, 4.69) is 9.47 Å². The van der Waals surface area contributed by atoms with E-state index in [1.54, 1.807) is 30.3 Å². The lowest BCUT2D eigenvalue weighted by Gasteiger charge is -2.14. The van der Waals surface area contributed by atoms with Gasteiger partial charge in [0, 0.05) is 0 Å². The zero-order valence-electron chi connectivity index (χ0n) is 9.03. The van der Waals surface area contributed by atoms with Gasteiger partial charge in [0.1, 0.15) is 6.61 Å². The lowest BCUT2D eigenvalue weighted by atomic mass is 10.2. The Bertz CT molecular complexity index is 362. The maximum Gasteiger partial charge on any atom is 0.523 e. The molecule has 1 rings (SSSR count). The summed E-state index contributed by atoms with van der Waals surface area (Å²) in [7, 11) is 0. The average molecular weight is 248 g/mol. The molecular formula is C11H11F3O3. The first-order valence-electron chi connectivity index (χ1n) is 4.83. The molecule has 1 aromatic rings. The van der Waals surface area contributed by atoms with Crippen molar-refractivity contribution in [3.05, 3.63) is 35.9 Å². The van der Waals surface area contributed by atoms with Gasteiger partial charge in [-0.1, -0.05) is 30.3 Å². The van der Waals surface area contributed by atoms with Gasteiger partial charge in [-0.25, -0.2) is 4.79 Å². The van der Waals surface area contributed by atoms with Crippen LogP contribution < -0.4 is 0 Å². The molecule has 1 unspecified atom stereocenters. The topological polar surface area (TPSA) is 35.5 Å². The van der Waals surface area contributed by atoms with Crippen LogP contribution in [0.3, 0.4) is 0 Å². The van der Waals surface area contributed by atoms with Crippen molar-refractivity contribution in [2.24, 2.45) is 0 Å². The van der Waals surface area contributed by atoms with Crippen molar-refractivity contribution in [3.63, 3.8) is 0 Å². The Morgan fingerprint density at radius 3 is 2.41 bits per heavy atom. The molecule has 0 aromatic heterocycles. The number of ether oxygens (including phenoxy) is 2. The van der Waals surface area contributed by atoms with E-state index in [9.17, 15) is 18.0 Å². The molecule has 17 heavy (non-hydrogen) atoms. The molecule has 0 heterocycles. The summed E-state index contributed by atoms with van der Waals surface area (Å²) in [6, 6.07) is 8.64. The zero-order chi connectivity index (χ0) is 12.9. The van der Waals surface area contributed by atoms with Crippen LogP contribution in [0, 0.1) is 0 Å². The normalized spacial score (nSPS) is 13.2. The Morgan fingerprint density at radius 2 is 1.88 bits per heavy atom. The fourth-order valence-electron chi connectivity index (χ4n) is 1.09. The molecule has 6 heteroatoms. The minimum Gasteiger partial charge on any atom is -0.459 e. The lowest BCUT2D eigenvalue weighted by Crippen LogP contribution is -2.29. The molecule has 94 valence electrons. The number of rotatable bonds is 4. The molecule has 0 saturated heterocycles. The van der Waals surface area contributed by atoms with Crippen molar-refractivity contribution in [1.82, 2.24) is 0 Å². The molecule has 0 aliphatic heterocycles. The van der Waals surface area contributed by atoms with Crippen LogP contribution in [0.4, 0.5) is 13.2 Å². The number of esters is 1. The predicted octanol–water partition coefficient (Wildman–Crippen LogP) is 2.65. The van der Waals surface area contributed by atoms with E-state index in [-0.39, 0.29) is 6.61 Å². The van der Waals surface area contributed by atoms with Crippen LogP contribution >= 0.6 is 0 Å². The monoisotopic (exact) mass is 248 g/mol. The average Bonchev–Trinajstić information content (AvgIpc) is 2.25. The first-order chi connectivity index (χ1) is 7.88.